The molecule has 112 valence electrons. The van der Waals surface area contributed by atoms with Crippen LogP contribution in [-0.2, 0) is 10.0 Å². The minimum atomic E-state index is -3.55. The topological polar surface area (TPSA) is 114 Å². The van der Waals surface area contributed by atoms with E-state index >= 15 is 0 Å². The van der Waals surface area contributed by atoms with E-state index in [2.05, 4.69) is 15.6 Å². The van der Waals surface area contributed by atoms with Crippen molar-refractivity contribution in [1.82, 2.24) is 10.3 Å². The van der Waals surface area contributed by atoms with Crippen LogP contribution in [0.4, 0.5) is 10.2 Å². The van der Waals surface area contributed by atoms with E-state index in [0.29, 0.717) is 6.54 Å². The van der Waals surface area contributed by atoms with E-state index in [9.17, 15) is 17.6 Å². The number of nitrogens with two attached hydrogens (primary N) is 1. The van der Waals surface area contributed by atoms with Crippen LogP contribution >= 0.6 is 0 Å². The van der Waals surface area contributed by atoms with Gasteiger partial charge in [-0.1, -0.05) is 0 Å². The number of carbonyl (C=O) groups excluding carboxylic acids is 1. The highest BCUT2D eigenvalue weighted by Gasteiger charge is 2.13. The molecule has 0 spiro atoms. The Kier molecular flexibility index (Phi) is 5.83. The zero-order valence-electron chi connectivity index (χ0n) is 11.0. The zero-order valence-corrected chi connectivity index (χ0v) is 11.8. The smallest absolute Gasteiger partial charge is 0.255 e. The molecule has 1 amide bonds. The van der Waals surface area contributed by atoms with Crippen LogP contribution in [0.3, 0.4) is 0 Å². The maximum Gasteiger partial charge on any atom is 0.255 e. The van der Waals surface area contributed by atoms with Gasteiger partial charge in [0.25, 0.3) is 5.91 Å². The van der Waals surface area contributed by atoms with E-state index in [1.54, 1.807) is 0 Å². The summed E-state index contributed by atoms with van der Waals surface area (Å²) in [7, 11) is -3.55. The first-order valence-electron chi connectivity index (χ1n) is 6.01. The van der Waals surface area contributed by atoms with E-state index in [1.807, 2.05) is 6.92 Å². The average molecular weight is 304 g/mol. The first-order chi connectivity index (χ1) is 9.33. The molecule has 0 saturated carbocycles. The molecule has 0 aliphatic rings. The molecule has 4 N–H and O–H groups in total. The summed E-state index contributed by atoms with van der Waals surface area (Å²) in [4.78, 5) is 15.7. The van der Waals surface area contributed by atoms with Gasteiger partial charge in [-0.05, 0) is 19.4 Å². The normalized spacial score (nSPS) is 11.2. The molecule has 0 aliphatic carbocycles. The van der Waals surface area contributed by atoms with Gasteiger partial charge in [0.2, 0.25) is 10.0 Å². The maximum absolute atomic E-state index is 13.1. The second kappa shape index (κ2) is 7.15. The van der Waals surface area contributed by atoms with E-state index in [4.69, 9.17) is 5.14 Å². The van der Waals surface area contributed by atoms with E-state index in [-0.39, 0.29) is 30.1 Å². The van der Waals surface area contributed by atoms with Gasteiger partial charge in [0.15, 0.2) is 0 Å². The van der Waals surface area contributed by atoms with Gasteiger partial charge in [0, 0.05) is 13.1 Å². The Morgan fingerprint density at radius 1 is 1.50 bits per heavy atom. The summed E-state index contributed by atoms with van der Waals surface area (Å²) in [6, 6.07) is 1.07. The van der Waals surface area contributed by atoms with Crippen molar-refractivity contribution >= 4 is 21.7 Å². The first-order valence-corrected chi connectivity index (χ1v) is 7.73. The largest absolute Gasteiger partial charge is 0.370 e. The fourth-order valence-corrected chi connectivity index (χ4v) is 2.04. The lowest BCUT2D eigenvalue weighted by atomic mass is 10.2. The summed E-state index contributed by atoms with van der Waals surface area (Å²) in [6.45, 7) is 2.47. The molecule has 0 aromatic carbocycles. The van der Waals surface area contributed by atoms with E-state index in [0.717, 1.165) is 12.3 Å². The highest BCUT2D eigenvalue weighted by Crippen LogP contribution is 2.13. The Morgan fingerprint density at radius 2 is 2.20 bits per heavy atom. The minimum Gasteiger partial charge on any atom is -0.370 e. The Labute approximate surface area is 116 Å². The predicted octanol–water partition coefficient (Wildman–Crippen LogP) is 0.0609. The fourth-order valence-electron chi connectivity index (χ4n) is 1.49. The Bertz CT molecular complexity index is 577. The predicted molar refractivity (Wildman–Crippen MR) is 73.3 cm³/mol. The minimum absolute atomic E-state index is 0.0717. The van der Waals surface area contributed by atoms with Gasteiger partial charge in [-0.3, -0.25) is 4.79 Å². The van der Waals surface area contributed by atoms with Crippen LogP contribution in [0.1, 0.15) is 23.7 Å². The summed E-state index contributed by atoms with van der Waals surface area (Å²) in [5.74, 6) is -1.10. The molecule has 0 radical (unpaired) electrons. The molecule has 20 heavy (non-hydrogen) atoms. The van der Waals surface area contributed by atoms with Gasteiger partial charge >= 0.3 is 0 Å². The number of carbonyl (C=O) groups is 1. The number of nitrogens with zero attached hydrogens (tertiary/aromatic N) is 1. The number of amides is 1. The van der Waals surface area contributed by atoms with Gasteiger partial charge < -0.3 is 10.6 Å². The molecule has 0 atom stereocenters. The highest BCUT2D eigenvalue weighted by atomic mass is 32.2. The van der Waals surface area contributed by atoms with Crippen LogP contribution in [0.25, 0.3) is 0 Å². The molecule has 1 rings (SSSR count). The summed E-state index contributed by atoms with van der Waals surface area (Å²) < 4.78 is 34.6. The lowest BCUT2D eigenvalue weighted by Crippen LogP contribution is -2.28. The number of pyridine rings is 1. The van der Waals surface area contributed by atoms with Crippen LogP contribution in [0.5, 0.6) is 0 Å². The SMILES string of the molecule is CCNc1ncc(F)cc1C(=O)NCCCS(N)(=O)=O. The van der Waals surface area contributed by atoms with Gasteiger partial charge in [-0.2, -0.15) is 0 Å². The van der Waals surface area contributed by atoms with Gasteiger partial charge in [0.1, 0.15) is 11.6 Å². The molecule has 0 bridgehead atoms. The fraction of sp³-hybridized carbons (Fsp3) is 0.455. The molecular weight excluding hydrogens is 287 g/mol. The number of sulfonamides is 1. The zero-order chi connectivity index (χ0) is 15.2. The van der Waals surface area contributed by atoms with Crippen molar-refractivity contribution in [2.75, 3.05) is 24.2 Å². The van der Waals surface area contributed by atoms with Crippen molar-refractivity contribution < 1.29 is 17.6 Å². The molecule has 0 aliphatic heterocycles. The first kappa shape index (κ1) is 16.3. The van der Waals surface area contributed by atoms with Crippen LogP contribution in [0.15, 0.2) is 12.3 Å². The summed E-state index contributed by atoms with van der Waals surface area (Å²) in [5.41, 5.74) is 0.0717. The summed E-state index contributed by atoms with van der Waals surface area (Å²) >= 11 is 0. The molecule has 1 aromatic heterocycles. The summed E-state index contributed by atoms with van der Waals surface area (Å²) in [6.07, 6.45) is 1.19. The van der Waals surface area contributed by atoms with Gasteiger partial charge in [-0.15, -0.1) is 0 Å². The molecule has 9 heteroatoms. The second-order valence-corrected chi connectivity index (χ2v) is 5.79. The number of hydrogen-bond acceptors (Lipinski definition) is 5. The van der Waals surface area contributed by atoms with Crippen molar-refractivity contribution in [3.63, 3.8) is 0 Å². The Morgan fingerprint density at radius 3 is 2.80 bits per heavy atom. The monoisotopic (exact) mass is 304 g/mol. The lowest BCUT2D eigenvalue weighted by Gasteiger charge is -2.10. The van der Waals surface area contributed by atoms with Gasteiger partial charge in [0.05, 0.1) is 17.5 Å². The molecule has 1 aromatic rings. The Balaban J connectivity index is 2.65. The van der Waals surface area contributed by atoms with Crippen molar-refractivity contribution in [2.45, 2.75) is 13.3 Å². The third-order valence-corrected chi connectivity index (χ3v) is 3.19. The number of hydrogen-bond donors (Lipinski definition) is 3. The quantitative estimate of drug-likeness (QED) is 0.616. The van der Waals surface area contributed by atoms with Crippen molar-refractivity contribution in [2.24, 2.45) is 5.14 Å². The molecule has 0 fully saturated rings. The molecule has 0 saturated heterocycles. The number of rotatable bonds is 7. The van der Waals surface area contributed by atoms with Crippen LogP contribution < -0.4 is 15.8 Å². The number of halogens is 1. The maximum atomic E-state index is 13.1. The number of anilines is 1. The van der Waals surface area contributed by atoms with Crippen LogP contribution in [0, 0.1) is 5.82 Å². The third-order valence-electron chi connectivity index (χ3n) is 2.33. The number of aromatic nitrogens is 1. The van der Waals surface area contributed by atoms with Crippen LogP contribution in [0.2, 0.25) is 0 Å². The molecule has 7 nitrogen and oxygen atoms in total. The summed E-state index contributed by atoms with van der Waals surface area (Å²) in [5, 5.41) is 10.2. The lowest BCUT2D eigenvalue weighted by molar-refractivity contribution is 0.0953. The number of nitrogens with one attached hydrogen (secondary N) is 2. The standard InChI is InChI=1S/C11H17FN4O3S/c1-2-14-10-9(6-8(12)7-16-10)11(17)15-4-3-5-20(13,18)19/h6-7H,2-5H2,1H3,(H,14,16)(H,15,17)(H2,13,18,19). The molecule has 1 heterocycles. The van der Waals surface area contributed by atoms with Crippen molar-refractivity contribution in [3.8, 4) is 0 Å². The third kappa shape index (κ3) is 5.49. The van der Waals surface area contributed by atoms with E-state index in [1.165, 1.54) is 0 Å². The van der Waals surface area contributed by atoms with E-state index < -0.39 is 21.7 Å². The van der Waals surface area contributed by atoms with Crippen LogP contribution in [-0.4, -0.2) is 38.2 Å². The number of primary sulfonamides is 1. The average Bonchev–Trinajstić information content (AvgIpc) is 2.35. The molecular formula is C11H17FN4O3S. The van der Waals surface area contributed by atoms with Crippen molar-refractivity contribution in [3.05, 3.63) is 23.6 Å². The highest BCUT2D eigenvalue weighted by molar-refractivity contribution is 7.89. The molecule has 0 unspecified atom stereocenters. The Hall–Kier alpha value is -1.74. The second-order valence-electron chi connectivity index (χ2n) is 4.06. The van der Waals surface area contributed by atoms with Crippen molar-refractivity contribution in [1.29, 1.82) is 0 Å². The van der Waals surface area contributed by atoms with Gasteiger partial charge in [-0.25, -0.2) is 22.9 Å².